The molecule has 0 amide bonds. The maximum atomic E-state index is 9.79. The lowest BCUT2D eigenvalue weighted by molar-refractivity contribution is 0.349. The molecule has 3 rings (SSSR count). The number of nitrogen functional groups attached to an aromatic ring is 1. The maximum absolute atomic E-state index is 9.79. The van der Waals surface area contributed by atoms with Crippen molar-refractivity contribution in [3.05, 3.63) is 52.5 Å². The molecule has 2 aromatic carbocycles. The number of nitrogens with zero attached hydrogens (tertiary/aromatic N) is 2. The number of hydrogen-bond acceptors (Lipinski definition) is 6. The Morgan fingerprint density at radius 2 is 1.55 bits per heavy atom. The predicted molar refractivity (Wildman–Crippen MR) is 114 cm³/mol. The van der Waals surface area contributed by atoms with Crippen LogP contribution in [0.25, 0.3) is 22.4 Å². The highest BCUT2D eigenvalue weighted by Crippen LogP contribution is 2.44. The molecular formula is C22H20ClN3O3. The quantitative estimate of drug-likeness (QED) is 0.647. The molecule has 1 aromatic heterocycles. The van der Waals surface area contributed by atoms with Crippen LogP contribution < -0.4 is 19.9 Å². The molecule has 0 fully saturated rings. The molecule has 6 nitrogen and oxygen atoms in total. The molecule has 2 N–H and O–H groups in total. The molecule has 0 saturated heterocycles. The van der Waals surface area contributed by atoms with Gasteiger partial charge < -0.3 is 19.9 Å². The lowest BCUT2D eigenvalue weighted by Crippen LogP contribution is -2.04. The fourth-order valence-electron chi connectivity index (χ4n) is 3.26. The summed E-state index contributed by atoms with van der Waals surface area (Å²) in [7, 11) is 4.65. The monoisotopic (exact) mass is 409 g/mol. The predicted octanol–water partition coefficient (Wildman–Crippen LogP) is 4.86. The Labute approximate surface area is 174 Å². The molecule has 1 heterocycles. The second kappa shape index (κ2) is 8.29. The van der Waals surface area contributed by atoms with E-state index >= 15 is 0 Å². The first kappa shape index (κ1) is 20.3. The molecule has 0 saturated carbocycles. The molecular weight excluding hydrogens is 390 g/mol. The minimum atomic E-state index is 0.134. The van der Waals surface area contributed by atoms with Crippen molar-refractivity contribution in [3.8, 4) is 45.7 Å². The second-order valence-electron chi connectivity index (χ2n) is 6.25. The number of aromatic nitrogens is 1. The number of ether oxygens (including phenoxy) is 3. The van der Waals surface area contributed by atoms with Crippen LogP contribution in [0.5, 0.6) is 17.2 Å². The number of halogens is 1. The Kier molecular flexibility index (Phi) is 5.81. The number of nitriles is 1. The Hall–Kier alpha value is -3.43. The first-order chi connectivity index (χ1) is 13.9. The van der Waals surface area contributed by atoms with Crippen molar-refractivity contribution < 1.29 is 14.2 Å². The van der Waals surface area contributed by atoms with Crippen molar-refractivity contribution in [1.29, 1.82) is 5.26 Å². The van der Waals surface area contributed by atoms with E-state index in [1.54, 1.807) is 45.6 Å². The zero-order valence-corrected chi connectivity index (χ0v) is 17.3. The van der Waals surface area contributed by atoms with Crippen molar-refractivity contribution >= 4 is 17.4 Å². The third kappa shape index (κ3) is 3.65. The van der Waals surface area contributed by atoms with E-state index in [0.29, 0.717) is 39.1 Å². The van der Waals surface area contributed by atoms with Gasteiger partial charge in [0.1, 0.15) is 23.2 Å². The van der Waals surface area contributed by atoms with E-state index in [2.05, 4.69) is 11.1 Å². The normalized spacial score (nSPS) is 10.3. The van der Waals surface area contributed by atoms with E-state index in [-0.39, 0.29) is 11.4 Å². The molecule has 0 aliphatic rings. The van der Waals surface area contributed by atoms with Crippen LogP contribution in [0.15, 0.2) is 36.4 Å². The lowest BCUT2D eigenvalue weighted by Gasteiger charge is -2.19. The average Bonchev–Trinajstić information content (AvgIpc) is 2.74. The molecule has 7 heteroatoms. The van der Waals surface area contributed by atoms with Crippen LogP contribution in [-0.2, 0) is 0 Å². The van der Waals surface area contributed by atoms with Gasteiger partial charge in [-0.15, -0.1) is 0 Å². The van der Waals surface area contributed by atoms with Crippen molar-refractivity contribution in [1.82, 2.24) is 4.98 Å². The van der Waals surface area contributed by atoms with Crippen LogP contribution in [0.4, 0.5) is 5.82 Å². The minimum Gasteiger partial charge on any atom is -0.496 e. The van der Waals surface area contributed by atoms with Crippen molar-refractivity contribution in [2.45, 2.75) is 6.92 Å². The molecule has 0 bridgehead atoms. The molecule has 0 radical (unpaired) electrons. The summed E-state index contributed by atoms with van der Waals surface area (Å²) in [5.74, 6) is 1.68. The lowest BCUT2D eigenvalue weighted by atomic mass is 9.92. The van der Waals surface area contributed by atoms with E-state index in [4.69, 9.17) is 31.5 Å². The summed E-state index contributed by atoms with van der Waals surface area (Å²) >= 11 is 6.02. The third-order valence-electron chi connectivity index (χ3n) is 4.67. The van der Waals surface area contributed by atoms with Gasteiger partial charge in [-0.3, -0.25) is 0 Å². The van der Waals surface area contributed by atoms with E-state index in [0.717, 1.165) is 11.1 Å². The van der Waals surface area contributed by atoms with Gasteiger partial charge in [0.05, 0.1) is 27.0 Å². The molecule has 0 aliphatic carbocycles. The zero-order valence-electron chi connectivity index (χ0n) is 16.5. The Balaban J connectivity index is 2.37. The maximum Gasteiger partial charge on any atom is 0.164 e. The first-order valence-corrected chi connectivity index (χ1v) is 9.09. The zero-order chi connectivity index (χ0) is 21.1. The van der Waals surface area contributed by atoms with Crippen LogP contribution in [0.3, 0.4) is 0 Å². The standard InChI is InChI=1S/C22H20ClN3O3/c1-12-20(15-9-18(28-3)19(29-4)10-17(15)27-2)16(11-24)22(25)26-21(12)13-5-7-14(23)8-6-13/h5-10H,1-4H3,(H2,25,26). The number of pyridine rings is 1. The smallest absolute Gasteiger partial charge is 0.164 e. The molecule has 3 aromatic rings. The van der Waals surface area contributed by atoms with E-state index in [1.165, 1.54) is 0 Å². The summed E-state index contributed by atoms with van der Waals surface area (Å²) in [6, 6.07) is 12.9. The van der Waals surface area contributed by atoms with Gasteiger partial charge in [-0.05, 0) is 30.7 Å². The van der Waals surface area contributed by atoms with Crippen LogP contribution in [-0.4, -0.2) is 26.3 Å². The molecule has 29 heavy (non-hydrogen) atoms. The summed E-state index contributed by atoms with van der Waals surface area (Å²) in [5, 5.41) is 10.4. The van der Waals surface area contributed by atoms with Crippen LogP contribution in [0, 0.1) is 18.3 Å². The van der Waals surface area contributed by atoms with E-state index in [1.807, 2.05) is 19.1 Å². The number of methoxy groups -OCH3 is 3. The molecule has 148 valence electrons. The Morgan fingerprint density at radius 1 is 0.966 bits per heavy atom. The molecule has 0 spiro atoms. The van der Waals surface area contributed by atoms with Crippen molar-refractivity contribution in [2.75, 3.05) is 27.1 Å². The number of nitrogens with two attached hydrogens (primary N) is 1. The Bertz CT molecular complexity index is 1110. The SMILES string of the molecule is COc1cc(OC)c(-c2c(C)c(-c3ccc(Cl)cc3)nc(N)c2C#N)cc1OC. The average molecular weight is 410 g/mol. The first-order valence-electron chi connectivity index (χ1n) is 8.71. The van der Waals surface area contributed by atoms with Gasteiger partial charge in [-0.2, -0.15) is 5.26 Å². The highest BCUT2D eigenvalue weighted by molar-refractivity contribution is 6.30. The van der Waals surface area contributed by atoms with Gasteiger partial charge in [0.15, 0.2) is 11.5 Å². The second-order valence-corrected chi connectivity index (χ2v) is 6.68. The van der Waals surface area contributed by atoms with Gasteiger partial charge in [-0.25, -0.2) is 4.98 Å². The topological polar surface area (TPSA) is 90.4 Å². The Morgan fingerprint density at radius 3 is 2.10 bits per heavy atom. The summed E-state index contributed by atoms with van der Waals surface area (Å²) < 4.78 is 16.4. The van der Waals surface area contributed by atoms with Crippen LogP contribution >= 0.6 is 11.6 Å². The summed E-state index contributed by atoms with van der Waals surface area (Å²) in [6.45, 7) is 1.89. The van der Waals surface area contributed by atoms with Crippen LogP contribution in [0.1, 0.15) is 11.1 Å². The summed E-state index contributed by atoms with van der Waals surface area (Å²) in [6.07, 6.45) is 0. The van der Waals surface area contributed by atoms with Gasteiger partial charge >= 0.3 is 0 Å². The van der Waals surface area contributed by atoms with E-state index < -0.39 is 0 Å². The highest BCUT2D eigenvalue weighted by atomic mass is 35.5. The van der Waals surface area contributed by atoms with Gasteiger partial charge in [0.2, 0.25) is 0 Å². The van der Waals surface area contributed by atoms with E-state index in [9.17, 15) is 5.26 Å². The number of rotatable bonds is 5. The van der Waals surface area contributed by atoms with Crippen LogP contribution in [0.2, 0.25) is 5.02 Å². The number of benzene rings is 2. The summed E-state index contributed by atoms with van der Waals surface area (Å²) in [4.78, 5) is 4.48. The van der Waals surface area contributed by atoms with Crippen molar-refractivity contribution in [2.24, 2.45) is 0 Å². The van der Waals surface area contributed by atoms with Crippen molar-refractivity contribution in [3.63, 3.8) is 0 Å². The fourth-order valence-corrected chi connectivity index (χ4v) is 3.38. The van der Waals surface area contributed by atoms with Gasteiger partial charge in [0, 0.05) is 27.8 Å². The number of anilines is 1. The molecule has 0 aliphatic heterocycles. The largest absolute Gasteiger partial charge is 0.496 e. The number of hydrogen-bond donors (Lipinski definition) is 1. The highest BCUT2D eigenvalue weighted by Gasteiger charge is 2.23. The summed E-state index contributed by atoms with van der Waals surface area (Å²) in [5.41, 5.74) is 10.00. The van der Waals surface area contributed by atoms with Gasteiger partial charge in [-0.1, -0.05) is 23.7 Å². The minimum absolute atomic E-state index is 0.134. The molecule has 0 unspecified atom stereocenters. The third-order valence-corrected chi connectivity index (χ3v) is 4.93. The fraction of sp³-hybridized carbons (Fsp3) is 0.182. The molecule has 0 atom stereocenters. The van der Waals surface area contributed by atoms with Gasteiger partial charge in [0.25, 0.3) is 0 Å².